The van der Waals surface area contributed by atoms with Crippen molar-refractivity contribution in [3.05, 3.63) is 17.0 Å². The van der Waals surface area contributed by atoms with Crippen molar-refractivity contribution in [3.8, 4) is 0 Å². The van der Waals surface area contributed by atoms with E-state index in [9.17, 15) is 19.2 Å². The molecule has 0 aliphatic heterocycles. The highest BCUT2D eigenvalue weighted by molar-refractivity contribution is 5.98. The Labute approximate surface area is 162 Å². The first-order valence-electron chi connectivity index (χ1n) is 8.49. The van der Waals surface area contributed by atoms with E-state index >= 15 is 0 Å². The van der Waals surface area contributed by atoms with Crippen LogP contribution in [-0.2, 0) is 19.1 Å². The maximum atomic E-state index is 12.4. The van der Waals surface area contributed by atoms with Gasteiger partial charge < -0.3 is 29.9 Å². The molecule has 0 fully saturated rings. The molecule has 3 N–H and O–H groups in total. The molecule has 0 bridgehead atoms. The molecular formula is C17H26N4O7. The minimum atomic E-state index is -1.14. The first-order valence-corrected chi connectivity index (χ1v) is 8.49. The number of nitrogens with zero attached hydrogens (tertiary/aromatic N) is 1. The summed E-state index contributed by atoms with van der Waals surface area (Å²) in [4.78, 5) is 47.7. The van der Waals surface area contributed by atoms with Crippen LogP contribution in [0.25, 0.3) is 0 Å². The maximum Gasteiger partial charge on any atom is 0.408 e. The smallest absolute Gasteiger partial charge is 0.408 e. The summed E-state index contributed by atoms with van der Waals surface area (Å²) in [5, 5.41) is 10.9. The molecule has 11 heteroatoms. The molecule has 0 aliphatic carbocycles. The molecule has 1 heterocycles. The summed E-state index contributed by atoms with van der Waals surface area (Å²) in [6.45, 7) is 7.62. The Hall–Kier alpha value is -3.11. The second kappa shape index (κ2) is 9.72. The third kappa shape index (κ3) is 7.25. The number of aromatic nitrogens is 1. The second-order valence-electron chi connectivity index (χ2n) is 6.91. The van der Waals surface area contributed by atoms with Gasteiger partial charge in [0, 0.05) is 6.54 Å². The van der Waals surface area contributed by atoms with E-state index in [1.807, 2.05) is 0 Å². The number of aryl methyl sites for hydroxylation is 2. The van der Waals surface area contributed by atoms with Gasteiger partial charge in [0.15, 0.2) is 0 Å². The number of ether oxygens (including phenoxy) is 2. The minimum absolute atomic E-state index is 0.201. The van der Waals surface area contributed by atoms with E-state index < -0.39 is 35.5 Å². The number of esters is 1. The Bertz CT molecular complexity index is 717. The maximum absolute atomic E-state index is 12.4. The Morgan fingerprint density at radius 3 is 2.29 bits per heavy atom. The molecule has 28 heavy (non-hydrogen) atoms. The van der Waals surface area contributed by atoms with E-state index in [0.29, 0.717) is 11.5 Å². The van der Waals surface area contributed by atoms with Gasteiger partial charge in [-0.1, -0.05) is 5.16 Å². The Balaban J connectivity index is 2.60. The van der Waals surface area contributed by atoms with Crippen molar-refractivity contribution in [1.29, 1.82) is 0 Å². The fourth-order valence-corrected chi connectivity index (χ4v) is 2.12. The average molecular weight is 398 g/mol. The van der Waals surface area contributed by atoms with Crippen molar-refractivity contribution >= 4 is 23.9 Å². The average Bonchev–Trinajstić information content (AvgIpc) is 2.92. The third-order valence-electron chi connectivity index (χ3n) is 3.35. The zero-order valence-electron chi connectivity index (χ0n) is 16.8. The molecule has 0 aliphatic rings. The van der Waals surface area contributed by atoms with Gasteiger partial charge in [-0.3, -0.25) is 9.59 Å². The van der Waals surface area contributed by atoms with Crippen LogP contribution in [0.2, 0.25) is 0 Å². The van der Waals surface area contributed by atoms with Crippen LogP contribution in [0.4, 0.5) is 4.79 Å². The van der Waals surface area contributed by atoms with Crippen molar-refractivity contribution in [1.82, 2.24) is 21.1 Å². The fourth-order valence-electron chi connectivity index (χ4n) is 2.12. The predicted octanol–water partition coefficient (Wildman–Crippen LogP) is 0.204. The molecule has 1 aromatic heterocycles. The van der Waals surface area contributed by atoms with Gasteiger partial charge >= 0.3 is 12.1 Å². The number of rotatable bonds is 7. The van der Waals surface area contributed by atoms with Gasteiger partial charge in [-0.2, -0.15) is 0 Å². The number of amides is 3. The zero-order chi connectivity index (χ0) is 21.5. The van der Waals surface area contributed by atoms with Crippen molar-refractivity contribution < 1.29 is 33.2 Å². The van der Waals surface area contributed by atoms with Crippen molar-refractivity contribution in [2.45, 2.75) is 46.3 Å². The largest absolute Gasteiger partial charge is 0.467 e. The number of hydrogen-bond acceptors (Lipinski definition) is 8. The number of carbonyl (C=O) groups excluding carboxylic acids is 4. The molecule has 3 amide bonds. The lowest BCUT2D eigenvalue weighted by Crippen LogP contribution is -2.50. The highest BCUT2D eigenvalue weighted by atomic mass is 16.6. The lowest BCUT2D eigenvalue weighted by molar-refractivity contribution is -0.142. The Kier molecular flexibility index (Phi) is 7.96. The topological polar surface area (TPSA) is 149 Å². The van der Waals surface area contributed by atoms with Crippen LogP contribution < -0.4 is 16.0 Å². The normalized spacial score (nSPS) is 11.9. The number of alkyl carbamates (subject to hydrolysis) is 1. The molecule has 0 spiro atoms. The summed E-state index contributed by atoms with van der Waals surface area (Å²) in [6, 6.07) is -1.14. The monoisotopic (exact) mass is 398 g/mol. The molecule has 1 atom stereocenters. The summed E-state index contributed by atoms with van der Waals surface area (Å²) < 4.78 is 14.6. The number of nitrogens with one attached hydrogen (secondary N) is 3. The molecule has 0 saturated heterocycles. The van der Waals surface area contributed by atoms with Crippen molar-refractivity contribution in [3.63, 3.8) is 0 Å². The fraction of sp³-hybridized carbons (Fsp3) is 0.588. The number of hydrogen-bond donors (Lipinski definition) is 3. The molecule has 156 valence electrons. The van der Waals surface area contributed by atoms with Crippen LogP contribution >= 0.6 is 0 Å². The molecule has 11 nitrogen and oxygen atoms in total. The molecule has 0 aromatic carbocycles. The Morgan fingerprint density at radius 2 is 1.79 bits per heavy atom. The highest BCUT2D eigenvalue weighted by Gasteiger charge is 2.26. The van der Waals surface area contributed by atoms with Crippen molar-refractivity contribution in [2.75, 3.05) is 20.2 Å². The molecule has 1 rings (SSSR count). The van der Waals surface area contributed by atoms with Gasteiger partial charge in [0.2, 0.25) is 5.91 Å². The Morgan fingerprint density at radius 1 is 1.14 bits per heavy atom. The van der Waals surface area contributed by atoms with Crippen LogP contribution in [0.3, 0.4) is 0 Å². The molecule has 0 radical (unpaired) electrons. The summed E-state index contributed by atoms with van der Waals surface area (Å²) in [6.07, 6.45) is -0.751. The SMILES string of the molecule is COC(=O)C(CNC(=O)CNC(=O)OC(C)(C)C)NC(=O)c1c(C)noc1C. The zero-order valence-corrected chi connectivity index (χ0v) is 16.8. The van der Waals surface area contributed by atoms with Crippen LogP contribution in [0.5, 0.6) is 0 Å². The summed E-state index contributed by atoms with van der Waals surface area (Å²) >= 11 is 0. The first kappa shape index (κ1) is 22.9. The number of methoxy groups -OCH3 is 1. The number of carbonyl (C=O) groups is 4. The summed E-state index contributed by atoms with van der Waals surface area (Å²) in [5.74, 6) is -1.62. The first-order chi connectivity index (χ1) is 12.9. The van der Waals surface area contributed by atoms with E-state index in [0.717, 1.165) is 7.11 Å². The van der Waals surface area contributed by atoms with Gasteiger partial charge in [0.05, 0.1) is 19.3 Å². The lowest BCUT2D eigenvalue weighted by Gasteiger charge is -2.20. The summed E-state index contributed by atoms with van der Waals surface area (Å²) in [5.41, 5.74) is -0.130. The minimum Gasteiger partial charge on any atom is -0.467 e. The van der Waals surface area contributed by atoms with Gasteiger partial charge in [-0.05, 0) is 34.6 Å². The van der Waals surface area contributed by atoms with Gasteiger partial charge in [-0.15, -0.1) is 0 Å². The van der Waals surface area contributed by atoms with Gasteiger partial charge in [0.1, 0.15) is 23.0 Å². The van der Waals surface area contributed by atoms with E-state index in [1.165, 1.54) is 0 Å². The summed E-state index contributed by atoms with van der Waals surface area (Å²) in [7, 11) is 1.16. The van der Waals surface area contributed by atoms with Gasteiger partial charge in [-0.25, -0.2) is 9.59 Å². The van der Waals surface area contributed by atoms with Crippen LogP contribution in [-0.4, -0.2) is 60.9 Å². The van der Waals surface area contributed by atoms with Gasteiger partial charge in [0.25, 0.3) is 5.91 Å². The predicted molar refractivity (Wildman–Crippen MR) is 96.5 cm³/mol. The molecule has 0 saturated carbocycles. The van der Waals surface area contributed by atoms with Crippen LogP contribution in [0, 0.1) is 13.8 Å². The molecule has 1 unspecified atom stereocenters. The lowest BCUT2D eigenvalue weighted by atomic mass is 10.1. The van der Waals surface area contributed by atoms with Crippen LogP contribution in [0.1, 0.15) is 42.6 Å². The third-order valence-corrected chi connectivity index (χ3v) is 3.35. The standard InChI is InChI=1S/C17H26N4O7/c1-9-13(10(2)28-21-9)14(23)20-11(15(24)26-6)7-18-12(22)8-19-16(25)27-17(3,4)5/h11H,7-8H2,1-6H3,(H,18,22)(H,19,25)(H,20,23). The van der Waals surface area contributed by atoms with E-state index in [-0.39, 0.29) is 18.7 Å². The van der Waals surface area contributed by atoms with E-state index in [4.69, 9.17) is 9.26 Å². The van der Waals surface area contributed by atoms with E-state index in [2.05, 4.69) is 25.8 Å². The highest BCUT2D eigenvalue weighted by Crippen LogP contribution is 2.12. The second-order valence-corrected chi connectivity index (χ2v) is 6.91. The van der Waals surface area contributed by atoms with E-state index in [1.54, 1.807) is 34.6 Å². The molecule has 1 aromatic rings. The quantitative estimate of drug-likeness (QED) is 0.552. The van der Waals surface area contributed by atoms with Crippen LogP contribution in [0.15, 0.2) is 4.52 Å². The van der Waals surface area contributed by atoms with Crippen molar-refractivity contribution in [2.24, 2.45) is 0 Å². The molecular weight excluding hydrogens is 372 g/mol.